The lowest BCUT2D eigenvalue weighted by Crippen LogP contribution is -2.31. The molecule has 0 radical (unpaired) electrons. The molecule has 4 heteroatoms. The van der Waals surface area contributed by atoms with Crippen molar-refractivity contribution in [1.82, 2.24) is 5.32 Å². The average Bonchev–Trinajstić information content (AvgIpc) is 2.60. The van der Waals surface area contributed by atoms with Crippen molar-refractivity contribution in [2.75, 3.05) is 13.7 Å². The molecule has 2 rings (SSSR count). The quantitative estimate of drug-likeness (QED) is 0.851. The second-order valence-electron chi connectivity index (χ2n) is 5.35. The second-order valence-corrected chi connectivity index (χ2v) is 5.35. The zero-order valence-electron chi connectivity index (χ0n) is 13.8. The van der Waals surface area contributed by atoms with Gasteiger partial charge in [-0.25, -0.2) is 0 Å². The molecule has 0 fully saturated rings. The zero-order chi connectivity index (χ0) is 16.7. The van der Waals surface area contributed by atoms with Crippen LogP contribution >= 0.6 is 0 Å². The van der Waals surface area contributed by atoms with Gasteiger partial charge in [-0.05, 0) is 48.7 Å². The molecule has 0 spiro atoms. The Morgan fingerprint density at radius 2 is 1.65 bits per heavy atom. The van der Waals surface area contributed by atoms with E-state index >= 15 is 0 Å². The molecule has 4 nitrogen and oxygen atoms in total. The lowest BCUT2D eigenvalue weighted by Gasteiger charge is -2.15. The normalized spacial score (nSPS) is 11.6. The zero-order valence-corrected chi connectivity index (χ0v) is 13.8. The van der Waals surface area contributed by atoms with Crippen LogP contribution in [0.15, 0.2) is 48.5 Å². The largest absolute Gasteiger partial charge is 0.497 e. The van der Waals surface area contributed by atoms with Gasteiger partial charge in [-0.3, -0.25) is 4.79 Å². The van der Waals surface area contributed by atoms with Gasteiger partial charge >= 0.3 is 0 Å². The van der Waals surface area contributed by atoms with Crippen LogP contribution in [0, 0.1) is 0 Å². The molecule has 2 aromatic rings. The number of benzene rings is 2. The number of carbonyl (C=O) groups is 1. The molecule has 122 valence electrons. The van der Waals surface area contributed by atoms with Crippen LogP contribution in [0.2, 0.25) is 0 Å². The highest BCUT2D eigenvalue weighted by Crippen LogP contribution is 2.17. The first-order valence-electron chi connectivity index (χ1n) is 7.77. The summed E-state index contributed by atoms with van der Waals surface area (Å²) in [6, 6.07) is 15.3. The van der Waals surface area contributed by atoms with Crippen molar-refractivity contribution < 1.29 is 14.3 Å². The predicted molar refractivity (Wildman–Crippen MR) is 90.9 cm³/mol. The van der Waals surface area contributed by atoms with E-state index in [4.69, 9.17) is 9.47 Å². The maximum atomic E-state index is 12.0. The number of hydrogen-bond donors (Lipinski definition) is 1. The van der Waals surface area contributed by atoms with Gasteiger partial charge in [0, 0.05) is 0 Å². The maximum Gasteiger partial charge on any atom is 0.258 e. The molecule has 0 saturated carbocycles. The Bertz CT molecular complexity index is 620. The van der Waals surface area contributed by atoms with E-state index < -0.39 is 0 Å². The molecule has 1 atom stereocenters. The average molecular weight is 313 g/mol. The van der Waals surface area contributed by atoms with E-state index in [1.54, 1.807) is 7.11 Å². The minimum Gasteiger partial charge on any atom is -0.497 e. The number of aryl methyl sites for hydroxylation is 1. The van der Waals surface area contributed by atoms with Crippen LogP contribution in [-0.2, 0) is 11.2 Å². The minimum atomic E-state index is -0.145. The van der Waals surface area contributed by atoms with Gasteiger partial charge in [0.05, 0.1) is 13.2 Å². The first kappa shape index (κ1) is 16.9. The third-order valence-corrected chi connectivity index (χ3v) is 3.69. The maximum absolute atomic E-state index is 12.0. The number of ether oxygens (including phenoxy) is 2. The Morgan fingerprint density at radius 3 is 2.22 bits per heavy atom. The highest BCUT2D eigenvalue weighted by atomic mass is 16.5. The summed E-state index contributed by atoms with van der Waals surface area (Å²) < 4.78 is 10.6. The summed E-state index contributed by atoms with van der Waals surface area (Å²) in [7, 11) is 1.63. The SMILES string of the molecule is CCc1ccc(OCC(=O)N[C@@H](C)c2ccc(OC)cc2)cc1. The van der Waals surface area contributed by atoms with Crippen molar-refractivity contribution in [2.45, 2.75) is 26.3 Å². The first-order valence-corrected chi connectivity index (χ1v) is 7.77. The molecule has 0 saturated heterocycles. The van der Waals surface area contributed by atoms with Crippen LogP contribution in [0.1, 0.15) is 31.0 Å². The van der Waals surface area contributed by atoms with Crippen LogP contribution in [0.5, 0.6) is 11.5 Å². The summed E-state index contributed by atoms with van der Waals surface area (Å²) in [5, 5.41) is 2.92. The molecule has 0 aliphatic carbocycles. The summed E-state index contributed by atoms with van der Waals surface area (Å²) in [6.45, 7) is 4.05. The number of carbonyl (C=O) groups excluding carboxylic acids is 1. The van der Waals surface area contributed by atoms with Gasteiger partial charge in [-0.1, -0.05) is 31.2 Å². The van der Waals surface area contributed by atoms with Gasteiger partial charge in [0.2, 0.25) is 0 Å². The van der Waals surface area contributed by atoms with E-state index in [9.17, 15) is 4.79 Å². The van der Waals surface area contributed by atoms with Gasteiger partial charge in [0.15, 0.2) is 6.61 Å². The summed E-state index contributed by atoms with van der Waals surface area (Å²) in [5.41, 5.74) is 2.27. The van der Waals surface area contributed by atoms with E-state index in [0.717, 1.165) is 17.7 Å². The molecule has 2 aromatic carbocycles. The molecular formula is C19H23NO3. The standard InChI is InChI=1S/C19H23NO3/c1-4-15-5-9-18(10-6-15)23-13-19(21)20-14(2)16-7-11-17(22-3)12-8-16/h5-12,14H,4,13H2,1-3H3,(H,20,21)/t14-/m0/s1. The Morgan fingerprint density at radius 1 is 1.04 bits per heavy atom. The third-order valence-electron chi connectivity index (χ3n) is 3.69. The third kappa shape index (κ3) is 5.02. The predicted octanol–water partition coefficient (Wildman–Crippen LogP) is 3.51. The van der Waals surface area contributed by atoms with Crippen LogP contribution < -0.4 is 14.8 Å². The molecule has 23 heavy (non-hydrogen) atoms. The van der Waals surface area contributed by atoms with E-state index in [2.05, 4.69) is 12.2 Å². The molecule has 0 unspecified atom stereocenters. The molecule has 0 aliphatic rings. The Hall–Kier alpha value is -2.49. The van der Waals surface area contributed by atoms with E-state index in [1.807, 2.05) is 55.5 Å². The highest BCUT2D eigenvalue weighted by Gasteiger charge is 2.10. The number of methoxy groups -OCH3 is 1. The molecule has 0 heterocycles. The lowest BCUT2D eigenvalue weighted by atomic mass is 10.1. The number of nitrogens with one attached hydrogen (secondary N) is 1. The van der Waals surface area contributed by atoms with Crippen molar-refractivity contribution in [3.8, 4) is 11.5 Å². The van der Waals surface area contributed by atoms with Crippen LogP contribution in [-0.4, -0.2) is 19.6 Å². The van der Waals surface area contributed by atoms with Crippen LogP contribution in [0.3, 0.4) is 0 Å². The molecule has 0 bridgehead atoms. The highest BCUT2D eigenvalue weighted by molar-refractivity contribution is 5.78. The first-order chi connectivity index (χ1) is 11.1. The topological polar surface area (TPSA) is 47.6 Å². The fourth-order valence-electron chi connectivity index (χ4n) is 2.23. The fourth-order valence-corrected chi connectivity index (χ4v) is 2.23. The molecule has 1 N–H and O–H groups in total. The number of rotatable bonds is 7. The van der Waals surface area contributed by atoms with Gasteiger partial charge in [0.1, 0.15) is 11.5 Å². The molecule has 0 aliphatic heterocycles. The van der Waals surface area contributed by atoms with Crippen molar-refractivity contribution in [3.05, 3.63) is 59.7 Å². The smallest absolute Gasteiger partial charge is 0.258 e. The van der Waals surface area contributed by atoms with Gasteiger partial charge < -0.3 is 14.8 Å². The van der Waals surface area contributed by atoms with Crippen molar-refractivity contribution in [1.29, 1.82) is 0 Å². The number of amides is 1. The summed E-state index contributed by atoms with van der Waals surface area (Å²) in [4.78, 5) is 12.0. The lowest BCUT2D eigenvalue weighted by molar-refractivity contribution is -0.123. The van der Waals surface area contributed by atoms with Crippen LogP contribution in [0.4, 0.5) is 0 Å². The fraction of sp³-hybridized carbons (Fsp3) is 0.316. The van der Waals surface area contributed by atoms with Crippen molar-refractivity contribution in [3.63, 3.8) is 0 Å². The van der Waals surface area contributed by atoms with E-state index in [1.165, 1.54) is 5.56 Å². The summed E-state index contributed by atoms with van der Waals surface area (Å²) >= 11 is 0. The Labute approximate surface area is 137 Å². The van der Waals surface area contributed by atoms with Gasteiger partial charge in [-0.15, -0.1) is 0 Å². The van der Waals surface area contributed by atoms with Gasteiger partial charge in [0.25, 0.3) is 5.91 Å². The minimum absolute atomic E-state index is 0.00592. The number of hydrogen-bond acceptors (Lipinski definition) is 3. The van der Waals surface area contributed by atoms with Crippen molar-refractivity contribution >= 4 is 5.91 Å². The van der Waals surface area contributed by atoms with Crippen LogP contribution in [0.25, 0.3) is 0 Å². The molecular weight excluding hydrogens is 290 g/mol. The van der Waals surface area contributed by atoms with Gasteiger partial charge in [-0.2, -0.15) is 0 Å². The van der Waals surface area contributed by atoms with E-state index in [-0.39, 0.29) is 18.6 Å². The van der Waals surface area contributed by atoms with Crippen molar-refractivity contribution in [2.24, 2.45) is 0 Å². The Kier molecular flexibility index (Phi) is 6.03. The summed E-state index contributed by atoms with van der Waals surface area (Å²) in [5.74, 6) is 1.36. The molecule has 0 aromatic heterocycles. The Balaban J connectivity index is 1.83. The van der Waals surface area contributed by atoms with E-state index in [0.29, 0.717) is 5.75 Å². The monoisotopic (exact) mass is 313 g/mol. The summed E-state index contributed by atoms with van der Waals surface area (Å²) in [6.07, 6.45) is 0.986. The molecule has 1 amide bonds. The second kappa shape index (κ2) is 8.22.